The van der Waals surface area contributed by atoms with E-state index in [-0.39, 0.29) is 12.1 Å². The molecule has 4 nitrogen and oxygen atoms in total. The minimum atomic E-state index is -1.19. The Labute approximate surface area is 151 Å². The summed E-state index contributed by atoms with van der Waals surface area (Å²) in [5, 5.41) is 13.7. The Hall–Kier alpha value is -1.72. The van der Waals surface area contributed by atoms with Crippen LogP contribution in [0, 0.1) is 0 Å². The maximum absolute atomic E-state index is 10.1. The van der Waals surface area contributed by atoms with Crippen LogP contribution in [-0.2, 0) is 17.7 Å². The summed E-state index contributed by atoms with van der Waals surface area (Å²) in [6.45, 7) is 4.58. The molecule has 0 spiro atoms. The number of nitrogens with two attached hydrogens (primary N) is 1. The van der Waals surface area contributed by atoms with Crippen molar-refractivity contribution in [2.75, 3.05) is 6.54 Å². The van der Waals surface area contributed by atoms with Gasteiger partial charge in [-0.15, -0.1) is 0 Å². The Bertz CT molecular complexity index is 596. The fourth-order valence-electron chi connectivity index (χ4n) is 2.92. The molecule has 0 aliphatic carbocycles. The van der Waals surface area contributed by atoms with E-state index < -0.39 is 5.79 Å². The monoisotopic (exact) mass is 342 g/mol. The second-order valence-electron chi connectivity index (χ2n) is 6.84. The van der Waals surface area contributed by atoms with Gasteiger partial charge >= 0.3 is 0 Å². The molecule has 0 saturated carbocycles. The first-order valence-electron chi connectivity index (χ1n) is 8.89. The molecule has 0 aliphatic heterocycles. The molecule has 0 amide bonds. The molecule has 25 heavy (non-hydrogen) atoms. The third kappa shape index (κ3) is 7.36. The van der Waals surface area contributed by atoms with E-state index in [0.717, 1.165) is 13.0 Å². The number of aliphatic hydroxyl groups is 1. The summed E-state index contributed by atoms with van der Waals surface area (Å²) in [5.41, 5.74) is 8.25. The van der Waals surface area contributed by atoms with Gasteiger partial charge in [0.05, 0.1) is 6.10 Å². The summed E-state index contributed by atoms with van der Waals surface area (Å²) in [6, 6.07) is 20.7. The number of nitrogens with one attached hydrogen (secondary N) is 1. The fraction of sp³-hybridized carbons (Fsp3) is 0.429. The summed E-state index contributed by atoms with van der Waals surface area (Å²) >= 11 is 0. The average Bonchev–Trinajstić information content (AvgIpc) is 2.59. The summed E-state index contributed by atoms with van der Waals surface area (Å²) in [7, 11) is 0. The molecule has 2 rings (SSSR count). The Balaban J connectivity index is 2.13. The summed E-state index contributed by atoms with van der Waals surface area (Å²) in [5.74, 6) is -1.19. The molecular formula is C21H30N2O2. The van der Waals surface area contributed by atoms with Crippen molar-refractivity contribution in [1.29, 1.82) is 0 Å². The van der Waals surface area contributed by atoms with Crippen LogP contribution in [0.4, 0.5) is 0 Å². The zero-order valence-corrected chi connectivity index (χ0v) is 15.2. The van der Waals surface area contributed by atoms with Gasteiger partial charge in [-0.3, -0.25) is 0 Å². The van der Waals surface area contributed by atoms with Gasteiger partial charge in [-0.05, 0) is 44.4 Å². The van der Waals surface area contributed by atoms with Gasteiger partial charge in [0.2, 0.25) is 0 Å². The zero-order valence-electron chi connectivity index (χ0n) is 15.2. The zero-order chi connectivity index (χ0) is 18.1. The SMILES string of the molecule is CC(C)(O)OC(CCN)C(Cc1ccccc1)NCc1ccccc1. The first kappa shape index (κ1) is 19.6. The topological polar surface area (TPSA) is 67.5 Å². The van der Waals surface area contributed by atoms with Gasteiger partial charge in [0.15, 0.2) is 5.79 Å². The van der Waals surface area contributed by atoms with E-state index in [1.165, 1.54) is 11.1 Å². The standard InChI is InChI=1S/C21H30N2O2/c1-21(2,24)25-20(13-14-22)19(15-17-9-5-3-6-10-17)23-16-18-11-7-4-8-12-18/h3-12,19-20,23-24H,13-16,22H2,1-2H3. The highest BCUT2D eigenvalue weighted by Gasteiger charge is 2.27. The van der Waals surface area contributed by atoms with Crippen molar-refractivity contribution < 1.29 is 9.84 Å². The van der Waals surface area contributed by atoms with Crippen LogP contribution in [0.15, 0.2) is 60.7 Å². The minimum Gasteiger partial charge on any atom is -0.366 e. The highest BCUT2D eigenvalue weighted by Crippen LogP contribution is 2.17. The molecule has 0 aliphatic rings. The summed E-state index contributed by atoms with van der Waals surface area (Å²) in [4.78, 5) is 0. The van der Waals surface area contributed by atoms with Gasteiger partial charge in [0, 0.05) is 12.6 Å². The number of ether oxygens (including phenoxy) is 1. The van der Waals surface area contributed by atoms with Crippen molar-refractivity contribution in [1.82, 2.24) is 5.32 Å². The van der Waals surface area contributed by atoms with Crippen LogP contribution in [0.25, 0.3) is 0 Å². The van der Waals surface area contributed by atoms with Gasteiger partial charge in [0.1, 0.15) is 0 Å². The predicted molar refractivity (Wildman–Crippen MR) is 102 cm³/mol. The van der Waals surface area contributed by atoms with Crippen molar-refractivity contribution in [3.63, 3.8) is 0 Å². The van der Waals surface area contributed by atoms with Crippen molar-refractivity contribution in [2.24, 2.45) is 5.73 Å². The number of hydrogen-bond donors (Lipinski definition) is 3. The fourth-order valence-corrected chi connectivity index (χ4v) is 2.92. The minimum absolute atomic E-state index is 0.0533. The largest absolute Gasteiger partial charge is 0.366 e. The van der Waals surface area contributed by atoms with E-state index in [2.05, 4.69) is 29.6 Å². The first-order valence-corrected chi connectivity index (χ1v) is 8.89. The van der Waals surface area contributed by atoms with Gasteiger partial charge in [-0.2, -0.15) is 0 Å². The molecule has 4 heteroatoms. The number of hydrogen-bond acceptors (Lipinski definition) is 4. The van der Waals surface area contributed by atoms with Crippen LogP contribution in [0.3, 0.4) is 0 Å². The molecule has 4 N–H and O–H groups in total. The lowest BCUT2D eigenvalue weighted by atomic mass is 9.98. The van der Waals surface area contributed by atoms with Crippen LogP contribution in [0.5, 0.6) is 0 Å². The molecule has 0 heterocycles. The Morgan fingerprint density at radius 2 is 1.56 bits per heavy atom. The number of rotatable bonds is 10. The second kappa shape index (κ2) is 9.68. The summed E-state index contributed by atoms with van der Waals surface area (Å²) in [6.07, 6.45) is 1.33. The Morgan fingerprint density at radius 3 is 2.08 bits per heavy atom. The van der Waals surface area contributed by atoms with E-state index in [0.29, 0.717) is 13.0 Å². The smallest absolute Gasteiger partial charge is 0.160 e. The molecule has 0 bridgehead atoms. The Morgan fingerprint density at radius 1 is 1.00 bits per heavy atom. The maximum atomic E-state index is 10.1. The highest BCUT2D eigenvalue weighted by atomic mass is 16.6. The molecular weight excluding hydrogens is 312 g/mol. The summed E-state index contributed by atoms with van der Waals surface area (Å²) < 4.78 is 5.91. The van der Waals surface area contributed by atoms with Crippen LogP contribution >= 0.6 is 0 Å². The molecule has 0 aromatic heterocycles. The van der Waals surface area contributed by atoms with Gasteiger partial charge < -0.3 is 20.9 Å². The van der Waals surface area contributed by atoms with Gasteiger partial charge in [-0.1, -0.05) is 60.7 Å². The van der Waals surface area contributed by atoms with E-state index in [4.69, 9.17) is 10.5 Å². The van der Waals surface area contributed by atoms with E-state index in [1.807, 2.05) is 36.4 Å². The van der Waals surface area contributed by atoms with Crippen LogP contribution in [0.2, 0.25) is 0 Å². The normalized spacial score (nSPS) is 14.2. The van der Waals surface area contributed by atoms with E-state index in [9.17, 15) is 5.11 Å². The second-order valence-corrected chi connectivity index (χ2v) is 6.84. The molecule has 2 aromatic rings. The lowest BCUT2D eigenvalue weighted by Gasteiger charge is -2.33. The third-order valence-corrected chi connectivity index (χ3v) is 4.05. The molecule has 2 atom stereocenters. The van der Waals surface area contributed by atoms with Crippen LogP contribution < -0.4 is 11.1 Å². The quantitative estimate of drug-likeness (QED) is 0.581. The van der Waals surface area contributed by atoms with E-state index in [1.54, 1.807) is 13.8 Å². The van der Waals surface area contributed by atoms with Crippen molar-refractivity contribution in [3.8, 4) is 0 Å². The predicted octanol–water partition coefficient (Wildman–Crippen LogP) is 2.85. The van der Waals surface area contributed by atoms with Crippen LogP contribution in [0.1, 0.15) is 31.4 Å². The molecule has 2 unspecified atom stereocenters. The first-order chi connectivity index (χ1) is 12.0. The Kier molecular flexibility index (Phi) is 7.59. The maximum Gasteiger partial charge on any atom is 0.160 e. The van der Waals surface area contributed by atoms with Gasteiger partial charge in [0.25, 0.3) is 0 Å². The lowest BCUT2D eigenvalue weighted by molar-refractivity contribution is -0.212. The lowest BCUT2D eigenvalue weighted by Crippen LogP contribution is -2.47. The molecule has 2 aromatic carbocycles. The molecule has 0 fully saturated rings. The molecule has 0 radical (unpaired) electrons. The van der Waals surface area contributed by atoms with Crippen LogP contribution in [-0.4, -0.2) is 29.6 Å². The average molecular weight is 342 g/mol. The third-order valence-electron chi connectivity index (χ3n) is 4.05. The highest BCUT2D eigenvalue weighted by molar-refractivity contribution is 5.17. The van der Waals surface area contributed by atoms with Crippen molar-refractivity contribution >= 4 is 0 Å². The molecule has 136 valence electrons. The number of benzene rings is 2. The molecule has 0 saturated heterocycles. The van der Waals surface area contributed by atoms with Crippen molar-refractivity contribution in [2.45, 2.75) is 51.2 Å². The van der Waals surface area contributed by atoms with E-state index >= 15 is 0 Å². The van der Waals surface area contributed by atoms with Gasteiger partial charge in [-0.25, -0.2) is 0 Å². The van der Waals surface area contributed by atoms with Crippen molar-refractivity contribution in [3.05, 3.63) is 71.8 Å².